The van der Waals surface area contributed by atoms with Crippen molar-refractivity contribution in [3.05, 3.63) is 84.1 Å². The SMILES string of the molecule is CC(C)(C)NC(=O)[C@H](c1ccco1)N(Cc1ccc(F)cc1)C(=O)Cn1nnc2ccccc21. The molecule has 9 heteroatoms. The van der Waals surface area contributed by atoms with E-state index in [1.807, 2.05) is 45.0 Å². The highest BCUT2D eigenvalue weighted by Gasteiger charge is 2.35. The second-order valence-corrected chi connectivity index (χ2v) is 9.04. The van der Waals surface area contributed by atoms with Crippen LogP contribution in [0.25, 0.3) is 11.0 Å². The number of aromatic nitrogens is 3. The van der Waals surface area contributed by atoms with Crippen LogP contribution in [0, 0.1) is 5.82 Å². The lowest BCUT2D eigenvalue weighted by Gasteiger charge is -2.32. The van der Waals surface area contributed by atoms with E-state index in [2.05, 4.69) is 15.6 Å². The number of carbonyl (C=O) groups excluding carboxylic acids is 2. The van der Waals surface area contributed by atoms with Crippen molar-refractivity contribution in [3.8, 4) is 0 Å². The molecule has 2 aromatic carbocycles. The van der Waals surface area contributed by atoms with Gasteiger partial charge in [0, 0.05) is 12.1 Å². The number of benzene rings is 2. The van der Waals surface area contributed by atoms with E-state index in [4.69, 9.17) is 4.42 Å². The molecule has 4 aromatic rings. The van der Waals surface area contributed by atoms with Crippen molar-refractivity contribution in [2.24, 2.45) is 0 Å². The third kappa shape index (κ3) is 5.31. The summed E-state index contributed by atoms with van der Waals surface area (Å²) in [5.74, 6) is -0.823. The Bertz CT molecular complexity index is 1280. The average Bonchev–Trinajstić information content (AvgIpc) is 3.44. The molecule has 2 aromatic heterocycles. The van der Waals surface area contributed by atoms with Gasteiger partial charge in [-0.2, -0.15) is 0 Å². The molecule has 8 nitrogen and oxygen atoms in total. The molecule has 0 fully saturated rings. The summed E-state index contributed by atoms with van der Waals surface area (Å²) in [6, 6.07) is 15.4. The van der Waals surface area contributed by atoms with Crippen molar-refractivity contribution < 1.29 is 18.4 Å². The molecule has 0 bridgehead atoms. The largest absolute Gasteiger partial charge is 0.467 e. The van der Waals surface area contributed by atoms with Gasteiger partial charge in [-0.25, -0.2) is 9.07 Å². The summed E-state index contributed by atoms with van der Waals surface area (Å²) in [6.07, 6.45) is 1.46. The Balaban J connectivity index is 1.72. The number of carbonyl (C=O) groups is 2. The minimum Gasteiger partial charge on any atom is -0.467 e. The quantitative estimate of drug-likeness (QED) is 0.449. The number of hydrogen-bond acceptors (Lipinski definition) is 5. The summed E-state index contributed by atoms with van der Waals surface area (Å²) < 4.78 is 20.6. The second kappa shape index (κ2) is 9.46. The van der Waals surface area contributed by atoms with Gasteiger partial charge in [0.2, 0.25) is 5.91 Å². The Morgan fingerprint density at radius 3 is 2.50 bits per heavy atom. The van der Waals surface area contributed by atoms with Gasteiger partial charge >= 0.3 is 0 Å². The molecule has 0 spiro atoms. The van der Waals surface area contributed by atoms with Crippen LogP contribution in [0.5, 0.6) is 0 Å². The van der Waals surface area contributed by atoms with Gasteiger partial charge in [0.05, 0.1) is 11.8 Å². The van der Waals surface area contributed by atoms with Gasteiger partial charge in [-0.1, -0.05) is 29.5 Å². The molecule has 1 atom stereocenters. The molecule has 0 aliphatic carbocycles. The maximum Gasteiger partial charge on any atom is 0.251 e. The molecule has 176 valence electrons. The van der Waals surface area contributed by atoms with E-state index in [9.17, 15) is 14.0 Å². The highest BCUT2D eigenvalue weighted by atomic mass is 19.1. The zero-order valence-corrected chi connectivity index (χ0v) is 19.2. The Kier molecular flexibility index (Phi) is 6.45. The molecule has 0 saturated carbocycles. The number of fused-ring (bicyclic) bond motifs is 1. The number of nitrogens with one attached hydrogen (secondary N) is 1. The third-order valence-corrected chi connectivity index (χ3v) is 5.16. The summed E-state index contributed by atoms with van der Waals surface area (Å²) in [5, 5.41) is 11.2. The maximum absolute atomic E-state index is 13.7. The van der Waals surface area contributed by atoms with Gasteiger partial charge in [0.15, 0.2) is 6.04 Å². The number of furan rings is 1. The van der Waals surface area contributed by atoms with Crippen molar-refractivity contribution in [2.45, 2.75) is 45.4 Å². The van der Waals surface area contributed by atoms with E-state index in [1.54, 1.807) is 24.3 Å². The van der Waals surface area contributed by atoms with E-state index in [0.717, 1.165) is 0 Å². The van der Waals surface area contributed by atoms with E-state index in [0.29, 0.717) is 22.4 Å². The van der Waals surface area contributed by atoms with Crippen molar-refractivity contribution in [1.82, 2.24) is 25.2 Å². The van der Waals surface area contributed by atoms with Crippen LogP contribution in [0.1, 0.15) is 38.1 Å². The molecular formula is C25H26FN5O3. The fourth-order valence-electron chi connectivity index (χ4n) is 3.67. The zero-order chi connectivity index (χ0) is 24.3. The Morgan fingerprint density at radius 1 is 1.09 bits per heavy atom. The highest BCUT2D eigenvalue weighted by molar-refractivity contribution is 5.89. The van der Waals surface area contributed by atoms with Crippen LogP contribution in [-0.4, -0.2) is 37.2 Å². The van der Waals surface area contributed by atoms with Crippen molar-refractivity contribution >= 4 is 22.8 Å². The summed E-state index contributed by atoms with van der Waals surface area (Å²) >= 11 is 0. The van der Waals surface area contributed by atoms with Crippen molar-refractivity contribution in [3.63, 3.8) is 0 Å². The Hall–Kier alpha value is -4.01. The summed E-state index contributed by atoms with van der Waals surface area (Å²) in [4.78, 5) is 28.5. The van der Waals surface area contributed by atoms with Gasteiger partial charge in [-0.05, 0) is 62.7 Å². The first-order valence-electron chi connectivity index (χ1n) is 10.9. The summed E-state index contributed by atoms with van der Waals surface area (Å²) in [6.45, 7) is 5.50. The van der Waals surface area contributed by atoms with Crippen LogP contribution in [0.4, 0.5) is 4.39 Å². The van der Waals surface area contributed by atoms with Crippen LogP contribution in [0.2, 0.25) is 0 Å². The number of rotatable bonds is 7. The molecule has 0 aliphatic rings. The van der Waals surface area contributed by atoms with Gasteiger partial charge in [-0.15, -0.1) is 5.10 Å². The maximum atomic E-state index is 13.7. The topological polar surface area (TPSA) is 93.3 Å². The van der Waals surface area contributed by atoms with Gasteiger partial charge in [-0.3, -0.25) is 9.59 Å². The number of amides is 2. The summed E-state index contributed by atoms with van der Waals surface area (Å²) in [7, 11) is 0. The standard InChI is InChI=1S/C25H26FN5O3/c1-25(2,3)27-24(33)23(21-9-6-14-34-21)30(15-17-10-12-18(26)13-11-17)22(32)16-31-20-8-5-4-7-19(20)28-29-31/h4-14,23H,15-16H2,1-3H3,(H,27,33)/t23-/m0/s1. The lowest BCUT2D eigenvalue weighted by atomic mass is 10.1. The highest BCUT2D eigenvalue weighted by Crippen LogP contribution is 2.26. The van der Waals surface area contributed by atoms with Gasteiger partial charge in [0.25, 0.3) is 5.91 Å². The first kappa shape index (κ1) is 23.2. The third-order valence-electron chi connectivity index (χ3n) is 5.16. The van der Waals surface area contributed by atoms with E-state index in [-0.39, 0.29) is 30.7 Å². The minimum absolute atomic E-state index is 0.0642. The molecule has 2 heterocycles. The minimum atomic E-state index is -1.04. The van der Waals surface area contributed by atoms with Crippen LogP contribution in [-0.2, 0) is 22.7 Å². The van der Waals surface area contributed by atoms with Crippen molar-refractivity contribution in [1.29, 1.82) is 0 Å². The van der Waals surface area contributed by atoms with Crippen LogP contribution >= 0.6 is 0 Å². The molecule has 2 amide bonds. The normalized spacial score (nSPS) is 12.5. The van der Waals surface area contributed by atoms with Crippen LogP contribution < -0.4 is 5.32 Å². The Morgan fingerprint density at radius 2 is 1.82 bits per heavy atom. The number of hydrogen-bond donors (Lipinski definition) is 1. The molecule has 0 radical (unpaired) electrons. The first-order valence-corrected chi connectivity index (χ1v) is 10.9. The Labute approximate surface area is 196 Å². The van der Waals surface area contributed by atoms with Crippen molar-refractivity contribution in [2.75, 3.05) is 0 Å². The molecule has 0 unspecified atom stereocenters. The number of nitrogens with zero attached hydrogens (tertiary/aromatic N) is 4. The molecule has 0 aliphatic heterocycles. The zero-order valence-electron chi connectivity index (χ0n) is 19.2. The second-order valence-electron chi connectivity index (χ2n) is 9.04. The smallest absolute Gasteiger partial charge is 0.251 e. The molecule has 0 saturated heterocycles. The van der Waals surface area contributed by atoms with E-state index < -0.39 is 11.6 Å². The average molecular weight is 464 g/mol. The molecule has 1 N–H and O–H groups in total. The molecular weight excluding hydrogens is 437 g/mol. The molecule has 34 heavy (non-hydrogen) atoms. The lowest BCUT2D eigenvalue weighted by Crippen LogP contribution is -2.49. The van der Waals surface area contributed by atoms with E-state index >= 15 is 0 Å². The lowest BCUT2D eigenvalue weighted by molar-refractivity contribution is -0.143. The first-order chi connectivity index (χ1) is 16.2. The molecule has 4 rings (SSSR count). The fraction of sp³-hybridized carbons (Fsp3) is 0.280. The van der Waals surface area contributed by atoms with Crippen LogP contribution in [0.15, 0.2) is 71.3 Å². The van der Waals surface area contributed by atoms with Gasteiger partial charge in [0.1, 0.15) is 23.6 Å². The summed E-state index contributed by atoms with van der Waals surface area (Å²) in [5.41, 5.74) is 1.49. The van der Waals surface area contributed by atoms with Crippen LogP contribution in [0.3, 0.4) is 0 Å². The number of para-hydroxylation sites is 1. The predicted octanol–water partition coefficient (Wildman–Crippen LogP) is 3.85. The monoisotopic (exact) mass is 463 g/mol. The fourth-order valence-corrected chi connectivity index (χ4v) is 3.67. The predicted molar refractivity (Wildman–Crippen MR) is 124 cm³/mol. The number of halogens is 1. The van der Waals surface area contributed by atoms with E-state index in [1.165, 1.54) is 28.0 Å². The van der Waals surface area contributed by atoms with Gasteiger partial charge < -0.3 is 14.6 Å².